The van der Waals surface area contributed by atoms with E-state index in [0.29, 0.717) is 5.75 Å². The van der Waals surface area contributed by atoms with Crippen molar-refractivity contribution < 1.29 is 14.7 Å². The Bertz CT molecular complexity index is 349. The number of thioether (sulfide) groups is 1. The summed E-state index contributed by atoms with van der Waals surface area (Å²) in [5.74, 6) is -0.571. The third kappa shape index (κ3) is 4.38. The maximum absolute atomic E-state index is 12.5. The van der Waals surface area contributed by atoms with Gasteiger partial charge in [-0.3, -0.25) is 4.79 Å². The number of carboxylic acid groups (broad SMARTS) is 1. The van der Waals surface area contributed by atoms with Crippen LogP contribution >= 0.6 is 11.8 Å². The molecule has 4 atom stereocenters. The van der Waals surface area contributed by atoms with Gasteiger partial charge in [-0.15, -0.1) is 11.8 Å². The molecule has 1 aliphatic heterocycles. The van der Waals surface area contributed by atoms with E-state index in [9.17, 15) is 14.7 Å². The molecule has 0 aromatic rings. The first-order valence-electron chi connectivity index (χ1n) is 7.30. The van der Waals surface area contributed by atoms with Crippen molar-refractivity contribution in [2.75, 3.05) is 5.75 Å². The molecule has 1 fully saturated rings. The van der Waals surface area contributed by atoms with E-state index in [1.54, 1.807) is 16.7 Å². The molecule has 6 heteroatoms. The van der Waals surface area contributed by atoms with Gasteiger partial charge in [0.15, 0.2) is 0 Å². The van der Waals surface area contributed by atoms with Gasteiger partial charge in [-0.2, -0.15) is 0 Å². The van der Waals surface area contributed by atoms with E-state index in [1.807, 2.05) is 20.8 Å². The predicted octanol–water partition coefficient (Wildman–Crippen LogP) is 1.90. The third-order valence-corrected chi connectivity index (χ3v) is 5.15. The average molecular weight is 302 g/mol. The first-order chi connectivity index (χ1) is 9.38. The molecule has 0 bridgehead atoms. The van der Waals surface area contributed by atoms with Gasteiger partial charge >= 0.3 is 5.97 Å². The normalized spacial score (nSPS) is 25.5. The molecular formula is C14H26N2O3S. The fourth-order valence-corrected chi connectivity index (χ4v) is 3.84. The van der Waals surface area contributed by atoms with E-state index >= 15 is 0 Å². The Morgan fingerprint density at radius 3 is 2.55 bits per heavy atom. The molecule has 1 heterocycles. The SMILES string of the molecule is CCC1SCC(C(=O)O)N1C(=O)C(C)CCCC(C)N. The Hall–Kier alpha value is -0.750. The van der Waals surface area contributed by atoms with Gasteiger partial charge in [0.2, 0.25) is 5.91 Å². The van der Waals surface area contributed by atoms with E-state index < -0.39 is 12.0 Å². The predicted molar refractivity (Wildman–Crippen MR) is 81.5 cm³/mol. The summed E-state index contributed by atoms with van der Waals surface area (Å²) in [6.07, 6.45) is 3.35. The molecule has 3 N–H and O–H groups in total. The molecule has 5 nitrogen and oxygen atoms in total. The highest BCUT2D eigenvalue weighted by Crippen LogP contribution is 2.33. The van der Waals surface area contributed by atoms with Crippen molar-refractivity contribution in [1.82, 2.24) is 4.90 Å². The second-order valence-corrected chi connectivity index (χ2v) is 6.82. The zero-order valence-electron chi connectivity index (χ0n) is 12.5. The molecule has 20 heavy (non-hydrogen) atoms. The fraction of sp³-hybridized carbons (Fsp3) is 0.857. The second-order valence-electron chi connectivity index (χ2n) is 5.61. The van der Waals surface area contributed by atoms with Gasteiger partial charge < -0.3 is 15.7 Å². The molecule has 0 aliphatic carbocycles. The van der Waals surface area contributed by atoms with Crippen molar-refractivity contribution >= 4 is 23.6 Å². The molecule has 116 valence electrons. The Kier molecular flexibility index (Phi) is 6.82. The number of carboxylic acids is 1. The molecule has 4 unspecified atom stereocenters. The van der Waals surface area contributed by atoms with Crippen LogP contribution in [0.3, 0.4) is 0 Å². The molecule has 0 aromatic carbocycles. The maximum Gasteiger partial charge on any atom is 0.327 e. The van der Waals surface area contributed by atoms with Crippen LogP contribution in [0, 0.1) is 5.92 Å². The summed E-state index contributed by atoms with van der Waals surface area (Å²) < 4.78 is 0. The summed E-state index contributed by atoms with van der Waals surface area (Å²) in [7, 11) is 0. The molecule has 0 saturated carbocycles. The number of amides is 1. The van der Waals surface area contributed by atoms with Gasteiger partial charge in [0.25, 0.3) is 0 Å². The number of hydrogen-bond donors (Lipinski definition) is 2. The molecule has 1 amide bonds. The highest BCUT2D eigenvalue weighted by Gasteiger charge is 2.41. The minimum Gasteiger partial charge on any atom is -0.480 e. The lowest BCUT2D eigenvalue weighted by atomic mass is 10.00. The van der Waals surface area contributed by atoms with Gasteiger partial charge in [-0.05, 0) is 26.2 Å². The largest absolute Gasteiger partial charge is 0.480 e. The molecule has 1 aliphatic rings. The lowest BCUT2D eigenvalue weighted by Crippen LogP contribution is -2.47. The Labute approximate surface area is 125 Å². The standard InChI is InChI=1S/C14H26N2O3S/c1-4-12-16(11(8-20-12)14(18)19)13(17)9(2)6-5-7-10(3)15/h9-12H,4-8,15H2,1-3H3,(H,18,19). The lowest BCUT2D eigenvalue weighted by molar-refractivity contribution is -0.150. The number of aliphatic carboxylic acids is 1. The number of hydrogen-bond acceptors (Lipinski definition) is 4. The van der Waals surface area contributed by atoms with Crippen LogP contribution in [-0.4, -0.2) is 45.1 Å². The minimum atomic E-state index is -0.899. The number of carbonyl (C=O) groups excluding carboxylic acids is 1. The molecule has 0 spiro atoms. The van der Waals surface area contributed by atoms with Gasteiger partial charge in [0.1, 0.15) is 6.04 Å². The number of carbonyl (C=O) groups is 2. The molecule has 0 aromatic heterocycles. The second kappa shape index (κ2) is 7.88. The first-order valence-corrected chi connectivity index (χ1v) is 8.35. The number of nitrogens with zero attached hydrogens (tertiary/aromatic N) is 1. The smallest absolute Gasteiger partial charge is 0.327 e. The van der Waals surface area contributed by atoms with Crippen molar-refractivity contribution in [1.29, 1.82) is 0 Å². The summed E-state index contributed by atoms with van der Waals surface area (Å²) in [6, 6.07) is -0.525. The van der Waals surface area contributed by atoms with E-state index in [0.717, 1.165) is 25.7 Å². The zero-order chi connectivity index (χ0) is 15.3. The maximum atomic E-state index is 12.5. The molecule has 1 saturated heterocycles. The Balaban J connectivity index is 2.63. The molecule has 1 rings (SSSR count). The van der Waals surface area contributed by atoms with E-state index in [4.69, 9.17) is 5.73 Å². The monoisotopic (exact) mass is 302 g/mol. The topological polar surface area (TPSA) is 83.6 Å². The van der Waals surface area contributed by atoms with Gasteiger partial charge in [-0.25, -0.2) is 4.79 Å². The van der Waals surface area contributed by atoms with Crippen LogP contribution < -0.4 is 5.73 Å². The molecular weight excluding hydrogens is 276 g/mol. The van der Waals surface area contributed by atoms with Crippen LogP contribution in [0.1, 0.15) is 46.5 Å². The third-order valence-electron chi connectivity index (χ3n) is 3.70. The number of rotatable bonds is 7. The first kappa shape index (κ1) is 17.3. The van der Waals surface area contributed by atoms with Crippen LogP contribution in [0.15, 0.2) is 0 Å². The zero-order valence-corrected chi connectivity index (χ0v) is 13.4. The van der Waals surface area contributed by atoms with Gasteiger partial charge in [-0.1, -0.05) is 20.3 Å². The average Bonchev–Trinajstić information content (AvgIpc) is 2.80. The van der Waals surface area contributed by atoms with Gasteiger partial charge in [0.05, 0.1) is 5.37 Å². The van der Waals surface area contributed by atoms with Crippen molar-refractivity contribution in [3.63, 3.8) is 0 Å². The van der Waals surface area contributed by atoms with Crippen LogP contribution in [0.4, 0.5) is 0 Å². The summed E-state index contributed by atoms with van der Waals surface area (Å²) in [4.78, 5) is 25.4. The highest BCUT2D eigenvalue weighted by atomic mass is 32.2. The summed E-state index contributed by atoms with van der Waals surface area (Å²) >= 11 is 1.57. The van der Waals surface area contributed by atoms with Crippen molar-refractivity contribution in [2.45, 2.75) is 63.9 Å². The lowest BCUT2D eigenvalue weighted by Gasteiger charge is -2.29. The van der Waals surface area contributed by atoms with Crippen molar-refractivity contribution in [2.24, 2.45) is 11.7 Å². The van der Waals surface area contributed by atoms with E-state index in [2.05, 4.69) is 0 Å². The van der Waals surface area contributed by atoms with E-state index in [-0.39, 0.29) is 23.2 Å². The highest BCUT2D eigenvalue weighted by molar-refractivity contribution is 8.00. The minimum absolute atomic E-state index is 0.000480. The summed E-state index contributed by atoms with van der Waals surface area (Å²) in [5.41, 5.74) is 5.71. The fourth-order valence-electron chi connectivity index (χ4n) is 2.49. The summed E-state index contributed by atoms with van der Waals surface area (Å²) in [6.45, 7) is 5.83. The van der Waals surface area contributed by atoms with Crippen LogP contribution in [0.25, 0.3) is 0 Å². The summed E-state index contributed by atoms with van der Waals surface area (Å²) in [5, 5.41) is 9.25. The Morgan fingerprint density at radius 2 is 2.05 bits per heavy atom. The van der Waals surface area contributed by atoms with E-state index in [1.165, 1.54) is 0 Å². The van der Waals surface area contributed by atoms with Crippen LogP contribution in [-0.2, 0) is 9.59 Å². The number of nitrogens with two attached hydrogens (primary N) is 1. The quantitative estimate of drug-likeness (QED) is 0.750. The van der Waals surface area contributed by atoms with Crippen LogP contribution in [0.2, 0.25) is 0 Å². The van der Waals surface area contributed by atoms with Crippen molar-refractivity contribution in [3.05, 3.63) is 0 Å². The van der Waals surface area contributed by atoms with Gasteiger partial charge in [0, 0.05) is 17.7 Å². The molecule has 0 radical (unpaired) electrons. The van der Waals surface area contributed by atoms with Crippen LogP contribution in [0.5, 0.6) is 0 Å². The Morgan fingerprint density at radius 1 is 1.40 bits per heavy atom. The van der Waals surface area contributed by atoms with Crippen molar-refractivity contribution in [3.8, 4) is 0 Å².